The van der Waals surface area contributed by atoms with Crippen LogP contribution in [0.2, 0.25) is 5.02 Å². The van der Waals surface area contributed by atoms with Crippen LogP contribution in [0.3, 0.4) is 0 Å². The average molecular weight is 359 g/mol. The Morgan fingerprint density at radius 3 is 2.44 bits per heavy atom. The Kier molecular flexibility index (Phi) is 5.11. The number of rotatable bonds is 3. The molecule has 0 saturated carbocycles. The van der Waals surface area contributed by atoms with Crippen molar-refractivity contribution >= 4 is 17.5 Å². The summed E-state index contributed by atoms with van der Waals surface area (Å²) < 4.78 is 0. The molecular weight excluding hydrogens is 336 g/mol. The first kappa shape index (κ1) is 17.9. The van der Waals surface area contributed by atoms with Gasteiger partial charge in [-0.2, -0.15) is 0 Å². The lowest BCUT2D eigenvalue weighted by molar-refractivity contribution is -0.0210. The Bertz CT molecular complexity index is 751. The van der Waals surface area contributed by atoms with Crippen LogP contribution in [0, 0.1) is 0 Å². The summed E-state index contributed by atoms with van der Waals surface area (Å²) in [5.41, 5.74) is 1.33. The lowest BCUT2D eigenvalue weighted by atomic mass is 9.84. The second kappa shape index (κ2) is 7.14. The summed E-state index contributed by atoms with van der Waals surface area (Å²) in [5.74, 6) is 0.300. The minimum absolute atomic E-state index is 0.0379. The van der Waals surface area contributed by atoms with Crippen LogP contribution >= 0.6 is 11.6 Å². The normalized spacial score (nSPS) is 16.9. The fourth-order valence-electron chi connectivity index (χ4n) is 3.24. The molecule has 0 atom stereocenters. The molecule has 1 aliphatic heterocycles. The summed E-state index contributed by atoms with van der Waals surface area (Å²) >= 11 is 6.23. The van der Waals surface area contributed by atoms with E-state index in [4.69, 9.17) is 11.6 Å². The fourth-order valence-corrected chi connectivity index (χ4v) is 3.56. The maximum Gasteiger partial charge on any atom is 0.255 e. The number of halogens is 1. The van der Waals surface area contributed by atoms with Crippen molar-refractivity contribution in [1.82, 2.24) is 9.88 Å². The molecular formula is C20H23ClN2O2. The van der Waals surface area contributed by atoms with Crippen molar-refractivity contribution < 1.29 is 9.90 Å². The summed E-state index contributed by atoms with van der Waals surface area (Å²) in [6.07, 6.45) is 2.59. The predicted molar refractivity (Wildman–Crippen MR) is 98.8 cm³/mol. The molecule has 5 heteroatoms. The lowest BCUT2D eigenvalue weighted by Crippen LogP contribution is -2.45. The first-order chi connectivity index (χ1) is 11.9. The third kappa shape index (κ3) is 3.70. The van der Waals surface area contributed by atoms with E-state index in [0.717, 1.165) is 11.3 Å². The van der Waals surface area contributed by atoms with E-state index < -0.39 is 5.60 Å². The van der Waals surface area contributed by atoms with Crippen molar-refractivity contribution in [1.29, 1.82) is 0 Å². The highest BCUT2D eigenvalue weighted by atomic mass is 35.5. The SMILES string of the molecule is CC(C)c1ccc(C(=O)N2CCC(O)(c3ccccc3Cl)CC2)cn1. The average Bonchev–Trinajstić information content (AvgIpc) is 2.62. The van der Waals surface area contributed by atoms with Crippen molar-refractivity contribution in [3.8, 4) is 0 Å². The zero-order chi connectivity index (χ0) is 18.0. The van der Waals surface area contributed by atoms with E-state index in [-0.39, 0.29) is 5.91 Å². The minimum atomic E-state index is -0.977. The number of nitrogens with zero attached hydrogens (tertiary/aromatic N) is 2. The van der Waals surface area contributed by atoms with Gasteiger partial charge in [0.25, 0.3) is 5.91 Å². The predicted octanol–water partition coefficient (Wildman–Crippen LogP) is 3.98. The molecule has 0 radical (unpaired) electrons. The van der Waals surface area contributed by atoms with Gasteiger partial charge in [0.1, 0.15) is 0 Å². The zero-order valence-corrected chi connectivity index (χ0v) is 15.3. The van der Waals surface area contributed by atoms with Crippen LogP contribution in [0.5, 0.6) is 0 Å². The molecule has 1 N–H and O–H groups in total. The van der Waals surface area contributed by atoms with Gasteiger partial charge in [0, 0.05) is 35.6 Å². The van der Waals surface area contributed by atoms with Gasteiger partial charge >= 0.3 is 0 Å². The molecule has 2 heterocycles. The zero-order valence-electron chi connectivity index (χ0n) is 14.6. The second-order valence-electron chi connectivity index (χ2n) is 6.93. The molecule has 0 unspecified atom stereocenters. The highest BCUT2D eigenvalue weighted by Crippen LogP contribution is 2.36. The number of carbonyl (C=O) groups is 1. The second-order valence-corrected chi connectivity index (χ2v) is 7.34. The summed E-state index contributed by atoms with van der Waals surface area (Å²) in [6.45, 7) is 5.13. The molecule has 1 aromatic carbocycles. The van der Waals surface area contributed by atoms with Gasteiger partial charge < -0.3 is 10.0 Å². The van der Waals surface area contributed by atoms with E-state index >= 15 is 0 Å². The molecule has 3 rings (SSSR count). The molecule has 25 heavy (non-hydrogen) atoms. The van der Waals surface area contributed by atoms with Gasteiger partial charge in [-0.1, -0.05) is 43.6 Å². The monoisotopic (exact) mass is 358 g/mol. The van der Waals surface area contributed by atoms with Gasteiger partial charge in [-0.3, -0.25) is 9.78 Å². The number of carbonyl (C=O) groups excluding carboxylic acids is 1. The van der Waals surface area contributed by atoms with Gasteiger partial charge in [0.15, 0.2) is 0 Å². The highest BCUT2D eigenvalue weighted by Gasteiger charge is 2.36. The minimum Gasteiger partial charge on any atom is -0.385 e. The molecule has 0 aliphatic carbocycles. The van der Waals surface area contributed by atoms with Crippen LogP contribution in [0.15, 0.2) is 42.6 Å². The Morgan fingerprint density at radius 1 is 1.20 bits per heavy atom. The largest absolute Gasteiger partial charge is 0.385 e. The van der Waals surface area contributed by atoms with Gasteiger partial charge in [0.05, 0.1) is 11.2 Å². The van der Waals surface area contributed by atoms with Gasteiger partial charge in [-0.15, -0.1) is 0 Å². The van der Waals surface area contributed by atoms with E-state index in [9.17, 15) is 9.90 Å². The number of likely N-dealkylation sites (tertiary alicyclic amines) is 1. The molecule has 2 aromatic rings. The Labute approximate surface area is 153 Å². The van der Waals surface area contributed by atoms with E-state index in [1.807, 2.05) is 30.3 Å². The van der Waals surface area contributed by atoms with E-state index in [2.05, 4.69) is 18.8 Å². The van der Waals surface area contributed by atoms with Crippen molar-refractivity contribution in [3.63, 3.8) is 0 Å². The number of piperidine rings is 1. The fraction of sp³-hybridized carbons (Fsp3) is 0.400. The van der Waals surface area contributed by atoms with E-state index in [0.29, 0.717) is 42.4 Å². The molecule has 4 nitrogen and oxygen atoms in total. The first-order valence-electron chi connectivity index (χ1n) is 8.63. The molecule has 0 bridgehead atoms. The summed E-state index contributed by atoms with van der Waals surface area (Å²) in [5, 5.41) is 11.5. The standard InChI is InChI=1S/C20H23ClN2O2/c1-14(2)18-8-7-15(13-22-18)19(24)23-11-9-20(25,10-12-23)16-5-3-4-6-17(16)21/h3-8,13-14,25H,9-12H2,1-2H3. The maximum absolute atomic E-state index is 12.7. The molecule has 132 valence electrons. The van der Waals surface area contributed by atoms with E-state index in [1.165, 1.54) is 0 Å². The number of pyridine rings is 1. The molecule has 1 aromatic heterocycles. The molecule has 1 saturated heterocycles. The third-order valence-corrected chi connectivity index (χ3v) is 5.21. The number of benzene rings is 1. The Morgan fingerprint density at radius 2 is 1.88 bits per heavy atom. The van der Waals surface area contributed by atoms with Crippen molar-refractivity contribution in [2.24, 2.45) is 0 Å². The van der Waals surface area contributed by atoms with Crippen LogP contribution < -0.4 is 0 Å². The van der Waals surface area contributed by atoms with Crippen LogP contribution in [0.1, 0.15) is 54.2 Å². The lowest BCUT2D eigenvalue weighted by Gasteiger charge is -2.39. The van der Waals surface area contributed by atoms with Gasteiger partial charge in [-0.25, -0.2) is 0 Å². The number of hydrogen-bond donors (Lipinski definition) is 1. The van der Waals surface area contributed by atoms with E-state index in [1.54, 1.807) is 17.2 Å². The molecule has 1 aliphatic rings. The van der Waals surface area contributed by atoms with Crippen LogP contribution in [0.25, 0.3) is 0 Å². The highest BCUT2D eigenvalue weighted by molar-refractivity contribution is 6.31. The quantitative estimate of drug-likeness (QED) is 0.902. The summed E-state index contributed by atoms with van der Waals surface area (Å²) in [6, 6.07) is 11.1. The first-order valence-corrected chi connectivity index (χ1v) is 9.01. The van der Waals surface area contributed by atoms with Gasteiger partial charge in [-0.05, 0) is 37.0 Å². The molecule has 1 amide bonds. The number of amides is 1. The molecule has 0 spiro atoms. The third-order valence-electron chi connectivity index (χ3n) is 4.88. The number of aliphatic hydroxyl groups is 1. The van der Waals surface area contributed by atoms with Gasteiger partial charge in [0.2, 0.25) is 0 Å². The van der Waals surface area contributed by atoms with Crippen LogP contribution in [0.4, 0.5) is 0 Å². The Hall–Kier alpha value is -1.91. The smallest absolute Gasteiger partial charge is 0.255 e. The summed E-state index contributed by atoms with van der Waals surface area (Å²) in [4.78, 5) is 18.8. The van der Waals surface area contributed by atoms with Crippen molar-refractivity contribution in [2.45, 2.75) is 38.2 Å². The maximum atomic E-state index is 12.7. The summed E-state index contributed by atoms with van der Waals surface area (Å²) in [7, 11) is 0. The number of aromatic nitrogens is 1. The van der Waals surface area contributed by atoms with Crippen LogP contribution in [-0.2, 0) is 5.60 Å². The van der Waals surface area contributed by atoms with Crippen molar-refractivity contribution in [2.75, 3.05) is 13.1 Å². The Balaban J connectivity index is 1.69. The van der Waals surface area contributed by atoms with Crippen molar-refractivity contribution in [3.05, 3.63) is 64.4 Å². The number of hydrogen-bond acceptors (Lipinski definition) is 3. The molecule has 1 fully saturated rings. The topological polar surface area (TPSA) is 53.4 Å². The van der Waals surface area contributed by atoms with Crippen LogP contribution in [-0.4, -0.2) is 34.0 Å².